The van der Waals surface area contributed by atoms with Crippen LogP contribution >= 0.6 is 0 Å². The Labute approximate surface area is 197 Å². The van der Waals surface area contributed by atoms with Gasteiger partial charge in [-0.3, -0.25) is 4.57 Å². The van der Waals surface area contributed by atoms with Gasteiger partial charge in [0.05, 0.1) is 16.3 Å². The van der Waals surface area contributed by atoms with E-state index in [1.54, 1.807) is 0 Å². The van der Waals surface area contributed by atoms with Gasteiger partial charge in [0, 0.05) is 32.1 Å². The molecule has 184 valence electrons. The van der Waals surface area contributed by atoms with Gasteiger partial charge in [-0.25, -0.2) is 17.8 Å². The van der Waals surface area contributed by atoms with E-state index >= 15 is 0 Å². The van der Waals surface area contributed by atoms with Crippen molar-refractivity contribution >= 4 is 17.9 Å². The molecule has 0 saturated heterocycles. The molecule has 0 spiro atoms. The number of benzene rings is 2. The van der Waals surface area contributed by atoms with Crippen LogP contribution in [-0.4, -0.2) is 38.9 Å². The molecule has 2 aromatic carbocycles. The van der Waals surface area contributed by atoms with Crippen molar-refractivity contribution in [2.45, 2.75) is 43.5 Å². The first-order valence-corrected chi connectivity index (χ1v) is 16.1. The predicted octanol–water partition coefficient (Wildman–Crippen LogP) is 6.09. The lowest BCUT2D eigenvalue weighted by molar-refractivity contribution is -0.149. The zero-order valence-corrected chi connectivity index (χ0v) is 21.1. The fourth-order valence-corrected chi connectivity index (χ4v) is 4.68. The van der Waals surface area contributed by atoms with Crippen LogP contribution in [-0.2, 0) is 27.5 Å². The van der Waals surface area contributed by atoms with Gasteiger partial charge in [0.15, 0.2) is 9.84 Å². The predicted molar refractivity (Wildman–Crippen MR) is 125 cm³/mol. The molecule has 3 aromatic rings. The first-order valence-electron chi connectivity index (χ1n) is 10.5. The second kappa shape index (κ2) is 9.63. The molecule has 0 saturated carbocycles. The molecule has 0 radical (unpaired) electrons. The zero-order chi connectivity index (χ0) is 25.3. The molecule has 0 N–H and O–H groups in total. The van der Waals surface area contributed by atoms with Gasteiger partial charge in [-0.1, -0.05) is 31.8 Å². The van der Waals surface area contributed by atoms with Crippen LogP contribution in [0.3, 0.4) is 0 Å². The summed E-state index contributed by atoms with van der Waals surface area (Å²) in [6.07, 6.45) is -3.73. The lowest BCUT2D eigenvalue weighted by Crippen LogP contribution is -2.23. The summed E-state index contributed by atoms with van der Waals surface area (Å²) in [7, 11) is -4.95. The Hall–Kier alpha value is -2.50. The summed E-state index contributed by atoms with van der Waals surface area (Å²) in [5, 5.41) is 0. The SMILES string of the molecule is C[Si](C)(C)CCOCn1c(C(F)(F)F)nc(-c2ccc(S(C)(=O)=O)cc2)c1-c1ccc(F)cc1. The van der Waals surface area contributed by atoms with Crippen molar-refractivity contribution in [3.63, 3.8) is 0 Å². The molecule has 0 unspecified atom stereocenters. The van der Waals surface area contributed by atoms with Gasteiger partial charge in [-0.05, 0) is 42.4 Å². The van der Waals surface area contributed by atoms with Gasteiger partial charge in [-0.2, -0.15) is 13.2 Å². The summed E-state index contributed by atoms with van der Waals surface area (Å²) in [4.78, 5) is 3.93. The minimum atomic E-state index is -4.78. The number of hydrogen-bond donors (Lipinski definition) is 0. The fraction of sp³-hybridized carbons (Fsp3) is 0.348. The number of nitrogens with zero attached hydrogens (tertiary/aromatic N) is 2. The fourth-order valence-electron chi connectivity index (χ4n) is 3.29. The number of imidazole rings is 1. The maximum Gasteiger partial charge on any atom is 0.449 e. The maximum absolute atomic E-state index is 14.0. The van der Waals surface area contributed by atoms with Crippen molar-refractivity contribution in [1.29, 1.82) is 0 Å². The van der Waals surface area contributed by atoms with E-state index in [2.05, 4.69) is 24.6 Å². The van der Waals surface area contributed by atoms with Crippen LogP contribution in [0.5, 0.6) is 0 Å². The third kappa shape index (κ3) is 6.33. The summed E-state index contributed by atoms with van der Waals surface area (Å²) in [6.45, 7) is 6.32. The molecular weight excluding hydrogens is 488 g/mol. The maximum atomic E-state index is 14.0. The van der Waals surface area contributed by atoms with Crippen LogP contribution in [0.2, 0.25) is 25.7 Å². The van der Waals surface area contributed by atoms with E-state index in [1.165, 1.54) is 36.4 Å². The van der Waals surface area contributed by atoms with E-state index in [0.29, 0.717) is 12.2 Å². The van der Waals surface area contributed by atoms with Gasteiger partial charge >= 0.3 is 6.18 Å². The Morgan fingerprint density at radius 3 is 2.03 bits per heavy atom. The van der Waals surface area contributed by atoms with Gasteiger partial charge in [0.2, 0.25) is 5.82 Å². The molecule has 0 fully saturated rings. The van der Waals surface area contributed by atoms with Crippen molar-refractivity contribution in [1.82, 2.24) is 9.55 Å². The first-order chi connectivity index (χ1) is 15.7. The van der Waals surface area contributed by atoms with Crippen molar-refractivity contribution in [2.75, 3.05) is 12.9 Å². The monoisotopic (exact) mass is 514 g/mol. The van der Waals surface area contributed by atoms with Crippen LogP contribution in [0.4, 0.5) is 17.6 Å². The molecule has 0 bridgehead atoms. The van der Waals surface area contributed by atoms with Crippen molar-refractivity contribution in [2.24, 2.45) is 0 Å². The van der Waals surface area contributed by atoms with Crippen LogP contribution in [0, 0.1) is 5.82 Å². The Morgan fingerprint density at radius 2 is 1.53 bits per heavy atom. The summed E-state index contributed by atoms with van der Waals surface area (Å²) >= 11 is 0. The molecule has 0 aliphatic rings. The average Bonchev–Trinajstić information content (AvgIpc) is 3.10. The third-order valence-electron chi connectivity index (χ3n) is 5.11. The summed E-state index contributed by atoms with van der Waals surface area (Å²) in [5.74, 6) is -1.68. The molecule has 5 nitrogen and oxygen atoms in total. The van der Waals surface area contributed by atoms with Crippen LogP contribution in [0.15, 0.2) is 53.4 Å². The number of ether oxygens (including phenoxy) is 1. The van der Waals surface area contributed by atoms with Crippen molar-refractivity contribution in [3.05, 3.63) is 60.2 Å². The minimum absolute atomic E-state index is 0.00668. The number of alkyl halides is 3. The van der Waals surface area contributed by atoms with Gasteiger partial charge in [0.1, 0.15) is 12.5 Å². The normalized spacial score (nSPS) is 12.8. The summed E-state index contributed by atoms with van der Waals surface area (Å²) in [6, 6.07) is 11.3. The first kappa shape index (κ1) is 26.1. The van der Waals surface area contributed by atoms with E-state index in [-0.39, 0.29) is 28.6 Å². The van der Waals surface area contributed by atoms with Gasteiger partial charge in [0.25, 0.3) is 0 Å². The van der Waals surface area contributed by atoms with E-state index < -0.39 is 35.7 Å². The quantitative estimate of drug-likeness (QED) is 0.207. The summed E-state index contributed by atoms with van der Waals surface area (Å²) in [5.41, 5.74) is 0.707. The molecule has 0 amide bonds. The van der Waals surface area contributed by atoms with Crippen molar-refractivity contribution < 1.29 is 30.7 Å². The highest BCUT2D eigenvalue weighted by atomic mass is 32.2. The zero-order valence-electron chi connectivity index (χ0n) is 19.3. The lowest BCUT2D eigenvalue weighted by Gasteiger charge is -2.18. The van der Waals surface area contributed by atoms with Crippen LogP contribution in [0.25, 0.3) is 22.5 Å². The molecule has 1 aromatic heterocycles. The second-order valence-corrected chi connectivity index (χ2v) is 16.8. The standard InChI is InChI=1S/C23H26F4N2O3SSi/c1-33(30,31)19-11-7-16(8-12-19)20-21(17-5-9-18(24)10-6-17)29(22(28-20)23(25,26)27)15-32-13-14-34(2,3)4/h5-12H,13-15H2,1-4H3. The molecule has 3 rings (SSSR count). The number of hydrogen-bond acceptors (Lipinski definition) is 4. The highest BCUT2D eigenvalue weighted by molar-refractivity contribution is 7.90. The van der Waals surface area contributed by atoms with Crippen LogP contribution < -0.4 is 0 Å². The van der Waals surface area contributed by atoms with E-state index in [9.17, 15) is 26.0 Å². The largest absolute Gasteiger partial charge is 0.449 e. The molecular formula is C23H26F4N2O3SSi. The molecule has 0 aliphatic carbocycles. The topological polar surface area (TPSA) is 61.2 Å². The Kier molecular flexibility index (Phi) is 7.39. The molecule has 34 heavy (non-hydrogen) atoms. The highest BCUT2D eigenvalue weighted by Gasteiger charge is 2.39. The highest BCUT2D eigenvalue weighted by Crippen LogP contribution is 2.39. The number of aromatic nitrogens is 2. The second-order valence-electron chi connectivity index (χ2n) is 9.21. The van der Waals surface area contributed by atoms with Gasteiger partial charge < -0.3 is 4.74 Å². The van der Waals surface area contributed by atoms with Crippen LogP contribution in [0.1, 0.15) is 5.82 Å². The smallest absolute Gasteiger partial charge is 0.361 e. The Morgan fingerprint density at radius 1 is 0.971 bits per heavy atom. The van der Waals surface area contributed by atoms with Crippen molar-refractivity contribution in [3.8, 4) is 22.5 Å². The number of halogens is 4. The Bertz CT molecular complexity index is 1250. The molecule has 1 heterocycles. The summed E-state index contributed by atoms with van der Waals surface area (Å²) < 4.78 is 85.7. The average molecular weight is 515 g/mol. The van der Waals surface area contributed by atoms with Gasteiger partial charge in [-0.15, -0.1) is 0 Å². The van der Waals surface area contributed by atoms with E-state index in [0.717, 1.165) is 29.0 Å². The third-order valence-corrected chi connectivity index (χ3v) is 7.94. The lowest BCUT2D eigenvalue weighted by atomic mass is 10.0. The number of sulfone groups is 1. The van der Waals surface area contributed by atoms with E-state index in [1.807, 2.05) is 0 Å². The van der Waals surface area contributed by atoms with E-state index in [4.69, 9.17) is 4.74 Å². The number of rotatable bonds is 8. The minimum Gasteiger partial charge on any atom is -0.361 e. The molecule has 11 heteroatoms. The molecule has 0 aliphatic heterocycles. The molecule has 0 atom stereocenters. The Balaban J connectivity index is 2.16.